The highest BCUT2D eigenvalue weighted by atomic mass is 16.5. The van der Waals surface area contributed by atoms with Crippen LogP contribution in [-0.4, -0.2) is 18.6 Å². The van der Waals surface area contributed by atoms with Crippen molar-refractivity contribution in [2.24, 2.45) is 11.7 Å². The zero-order chi connectivity index (χ0) is 13.5. The Morgan fingerprint density at radius 2 is 1.89 bits per heavy atom. The molecular formula is C16H23NO2. The van der Waals surface area contributed by atoms with Crippen LogP contribution < -0.4 is 5.73 Å². The van der Waals surface area contributed by atoms with Gasteiger partial charge in [0.15, 0.2) is 0 Å². The summed E-state index contributed by atoms with van der Waals surface area (Å²) >= 11 is 0. The molecule has 0 aromatic heterocycles. The number of carbonyl (C=O) groups is 1. The average Bonchev–Trinajstić information content (AvgIpc) is 2.48. The lowest BCUT2D eigenvalue weighted by molar-refractivity contribution is -0.146. The number of nitrogens with two attached hydrogens (primary N) is 1. The molecule has 1 atom stereocenters. The number of carbonyl (C=O) groups excluding carboxylic acids is 1. The summed E-state index contributed by atoms with van der Waals surface area (Å²) in [6.45, 7) is 0.420. The molecule has 0 radical (unpaired) electrons. The van der Waals surface area contributed by atoms with Crippen LogP contribution in [0.25, 0.3) is 0 Å². The summed E-state index contributed by atoms with van der Waals surface area (Å²) in [5, 5.41) is 0. The molecule has 1 aromatic carbocycles. The maximum atomic E-state index is 11.9. The second-order valence-corrected chi connectivity index (χ2v) is 5.33. The highest BCUT2D eigenvalue weighted by molar-refractivity contribution is 5.75. The van der Waals surface area contributed by atoms with Crippen LogP contribution in [0.15, 0.2) is 30.3 Å². The summed E-state index contributed by atoms with van der Waals surface area (Å²) in [6.07, 6.45) is 6.53. The van der Waals surface area contributed by atoms with Crippen LogP contribution in [0.1, 0.15) is 37.7 Å². The first kappa shape index (κ1) is 14.1. The molecule has 3 nitrogen and oxygen atoms in total. The van der Waals surface area contributed by atoms with Crippen LogP contribution in [-0.2, 0) is 16.0 Å². The molecule has 1 aromatic rings. The number of benzene rings is 1. The molecule has 2 N–H and O–H groups in total. The van der Waals surface area contributed by atoms with Crippen molar-refractivity contribution >= 4 is 5.97 Å². The zero-order valence-electron chi connectivity index (χ0n) is 11.4. The molecule has 3 heteroatoms. The molecule has 1 fully saturated rings. The van der Waals surface area contributed by atoms with Gasteiger partial charge < -0.3 is 10.5 Å². The van der Waals surface area contributed by atoms with Gasteiger partial charge in [0.2, 0.25) is 0 Å². The molecule has 1 aliphatic carbocycles. The first-order valence-corrected chi connectivity index (χ1v) is 7.23. The van der Waals surface area contributed by atoms with Crippen molar-refractivity contribution in [2.75, 3.05) is 6.61 Å². The third-order valence-corrected chi connectivity index (χ3v) is 3.91. The van der Waals surface area contributed by atoms with E-state index in [0.717, 1.165) is 19.3 Å². The molecule has 1 aliphatic rings. The Balaban J connectivity index is 1.71. The van der Waals surface area contributed by atoms with Crippen molar-refractivity contribution < 1.29 is 9.53 Å². The monoisotopic (exact) mass is 261 g/mol. The van der Waals surface area contributed by atoms with E-state index in [1.807, 2.05) is 30.3 Å². The van der Waals surface area contributed by atoms with Crippen molar-refractivity contribution in [1.29, 1.82) is 0 Å². The Hall–Kier alpha value is -1.35. The Morgan fingerprint density at radius 1 is 1.21 bits per heavy atom. The minimum absolute atomic E-state index is 0.233. The van der Waals surface area contributed by atoms with Crippen molar-refractivity contribution in [3.05, 3.63) is 35.9 Å². The zero-order valence-corrected chi connectivity index (χ0v) is 11.4. The lowest BCUT2D eigenvalue weighted by atomic mass is 9.84. The van der Waals surface area contributed by atoms with Gasteiger partial charge in [0, 0.05) is 6.42 Å². The second kappa shape index (κ2) is 7.29. The van der Waals surface area contributed by atoms with Crippen molar-refractivity contribution in [3.63, 3.8) is 0 Å². The fourth-order valence-electron chi connectivity index (χ4n) is 2.70. The molecular weight excluding hydrogens is 238 g/mol. The van der Waals surface area contributed by atoms with E-state index in [1.54, 1.807) is 0 Å². The Labute approximate surface area is 115 Å². The molecule has 19 heavy (non-hydrogen) atoms. The molecule has 104 valence electrons. The summed E-state index contributed by atoms with van der Waals surface area (Å²) in [5.41, 5.74) is 7.18. The SMILES string of the molecule is NC(C(=O)OCCc1ccccc1)C1CCCCC1. The maximum absolute atomic E-state index is 11.9. The fourth-order valence-corrected chi connectivity index (χ4v) is 2.70. The van der Waals surface area contributed by atoms with Gasteiger partial charge in [-0.15, -0.1) is 0 Å². The van der Waals surface area contributed by atoms with Gasteiger partial charge >= 0.3 is 5.97 Å². The smallest absolute Gasteiger partial charge is 0.323 e. The van der Waals surface area contributed by atoms with Gasteiger partial charge in [-0.2, -0.15) is 0 Å². The van der Waals surface area contributed by atoms with E-state index in [4.69, 9.17) is 10.5 Å². The topological polar surface area (TPSA) is 52.3 Å². The molecule has 0 saturated heterocycles. The van der Waals surface area contributed by atoms with E-state index < -0.39 is 6.04 Å². The third-order valence-electron chi connectivity index (χ3n) is 3.91. The van der Waals surface area contributed by atoms with Gasteiger partial charge in [-0.25, -0.2) is 0 Å². The first-order valence-electron chi connectivity index (χ1n) is 7.23. The van der Waals surface area contributed by atoms with Gasteiger partial charge in [-0.3, -0.25) is 4.79 Å². The number of ether oxygens (including phenoxy) is 1. The second-order valence-electron chi connectivity index (χ2n) is 5.33. The first-order chi connectivity index (χ1) is 9.27. The quantitative estimate of drug-likeness (QED) is 0.829. The summed E-state index contributed by atoms with van der Waals surface area (Å²) in [4.78, 5) is 11.9. The number of esters is 1. The fraction of sp³-hybridized carbons (Fsp3) is 0.562. The van der Waals surface area contributed by atoms with E-state index in [9.17, 15) is 4.79 Å². The predicted molar refractivity (Wildman–Crippen MR) is 75.7 cm³/mol. The van der Waals surface area contributed by atoms with Gasteiger partial charge in [0.25, 0.3) is 0 Å². The molecule has 1 unspecified atom stereocenters. The summed E-state index contributed by atoms with van der Waals surface area (Å²) < 4.78 is 5.30. The van der Waals surface area contributed by atoms with Crippen LogP contribution in [0, 0.1) is 5.92 Å². The maximum Gasteiger partial charge on any atom is 0.323 e. The van der Waals surface area contributed by atoms with E-state index in [2.05, 4.69) is 0 Å². The molecule has 2 rings (SSSR count). The lowest BCUT2D eigenvalue weighted by Crippen LogP contribution is -2.40. The highest BCUT2D eigenvalue weighted by Gasteiger charge is 2.27. The van der Waals surface area contributed by atoms with Gasteiger partial charge in [-0.1, -0.05) is 49.6 Å². The van der Waals surface area contributed by atoms with E-state index in [0.29, 0.717) is 12.5 Å². The third kappa shape index (κ3) is 4.35. The molecule has 0 amide bonds. The minimum atomic E-state index is -0.434. The van der Waals surface area contributed by atoms with Crippen molar-refractivity contribution in [2.45, 2.75) is 44.6 Å². The van der Waals surface area contributed by atoms with Gasteiger partial charge in [0.1, 0.15) is 6.04 Å². The van der Waals surface area contributed by atoms with E-state index in [-0.39, 0.29) is 5.97 Å². The normalized spacial score (nSPS) is 17.9. The van der Waals surface area contributed by atoms with Crippen molar-refractivity contribution in [3.8, 4) is 0 Å². The molecule has 1 saturated carbocycles. The standard InChI is InChI=1S/C16H23NO2/c17-15(14-9-5-2-6-10-14)16(18)19-12-11-13-7-3-1-4-8-13/h1,3-4,7-8,14-15H,2,5-6,9-12,17H2. The Bertz CT molecular complexity index is 385. The van der Waals surface area contributed by atoms with Crippen molar-refractivity contribution in [1.82, 2.24) is 0 Å². The average molecular weight is 261 g/mol. The van der Waals surface area contributed by atoms with Gasteiger partial charge in [-0.05, 0) is 24.3 Å². The minimum Gasteiger partial charge on any atom is -0.464 e. The molecule has 0 bridgehead atoms. The summed E-state index contributed by atoms with van der Waals surface area (Å²) in [5.74, 6) is 0.0841. The van der Waals surface area contributed by atoms with Crippen LogP contribution in [0.5, 0.6) is 0 Å². The van der Waals surface area contributed by atoms with Gasteiger partial charge in [0.05, 0.1) is 6.61 Å². The summed E-state index contributed by atoms with van der Waals surface area (Å²) in [6, 6.07) is 9.60. The van der Waals surface area contributed by atoms with Crippen LogP contribution >= 0.6 is 0 Å². The summed E-state index contributed by atoms with van der Waals surface area (Å²) in [7, 11) is 0. The largest absolute Gasteiger partial charge is 0.464 e. The lowest BCUT2D eigenvalue weighted by Gasteiger charge is -2.25. The highest BCUT2D eigenvalue weighted by Crippen LogP contribution is 2.26. The Kier molecular flexibility index (Phi) is 5.40. The predicted octanol–water partition coefficient (Wildman–Crippen LogP) is 2.68. The Morgan fingerprint density at radius 3 is 2.58 bits per heavy atom. The van der Waals surface area contributed by atoms with Crippen LogP contribution in [0.3, 0.4) is 0 Å². The molecule has 0 spiro atoms. The van der Waals surface area contributed by atoms with E-state index in [1.165, 1.54) is 24.8 Å². The van der Waals surface area contributed by atoms with E-state index >= 15 is 0 Å². The van der Waals surface area contributed by atoms with Crippen LogP contribution in [0.4, 0.5) is 0 Å². The molecule has 0 heterocycles. The number of hydrogen-bond donors (Lipinski definition) is 1. The molecule has 0 aliphatic heterocycles. The number of rotatable bonds is 5. The number of hydrogen-bond acceptors (Lipinski definition) is 3. The van der Waals surface area contributed by atoms with Crippen LogP contribution in [0.2, 0.25) is 0 Å².